The summed E-state index contributed by atoms with van der Waals surface area (Å²) in [6.45, 7) is 3.99. The van der Waals surface area contributed by atoms with Gasteiger partial charge in [-0.1, -0.05) is 28.1 Å². The highest BCUT2D eigenvalue weighted by Gasteiger charge is 2.24. The van der Waals surface area contributed by atoms with Crippen LogP contribution in [0.3, 0.4) is 0 Å². The minimum atomic E-state index is -0.446. The third kappa shape index (κ3) is 4.29. The van der Waals surface area contributed by atoms with Gasteiger partial charge in [-0.3, -0.25) is 4.79 Å². The van der Waals surface area contributed by atoms with Crippen molar-refractivity contribution in [2.45, 2.75) is 19.4 Å². The number of hydrogen-bond donors (Lipinski definition) is 1. The SMILES string of the molecule is CC(C)(NC(=O)c1cc(I)ccc1Br)c1ccc(Br)cc1. The Balaban J connectivity index is 2.25. The van der Waals surface area contributed by atoms with Crippen LogP contribution in [0.15, 0.2) is 51.4 Å². The molecule has 0 fully saturated rings. The molecule has 1 amide bonds. The summed E-state index contributed by atoms with van der Waals surface area (Å²) in [5.41, 5.74) is 1.26. The second kappa shape index (κ2) is 6.79. The van der Waals surface area contributed by atoms with Crippen LogP contribution in [0.2, 0.25) is 0 Å². The van der Waals surface area contributed by atoms with Crippen molar-refractivity contribution in [3.8, 4) is 0 Å². The molecule has 2 aromatic carbocycles. The van der Waals surface area contributed by atoms with E-state index in [1.54, 1.807) is 0 Å². The molecule has 2 nitrogen and oxygen atoms in total. The van der Waals surface area contributed by atoms with Crippen molar-refractivity contribution in [3.63, 3.8) is 0 Å². The smallest absolute Gasteiger partial charge is 0.253 e. The highest BCUT2D eigenvalue weighted by molar-refractivity contribution is 14.1. The molecule has 0 aliphatic carbocycles. The Labute approximate surface area is 155 Å². The van der Waals surface area contributed by atoms with Gasteiger partial charge in [0.2, 0.25) is 0 Å². The molecule has 0 atom stereocenters. The molecule has 21 heavy (non-hydrogen) atoms. The summed E-state index contributed by atoms with van der Waals surface area (Å²) in [5.74, 6) is -0.0895. The molecule has 0 unspecified atom stereocenters. The minimum absolute atomic E-state index is 0.0895. The molecule has 0 saturated carbocycles. The summed E-state index contributed by atoms with van der Waals surface area (Å²) in [4.78, 5) is 12.5. The van der Waals surface area contributed by atoms with Crippen LogP contribution in [0, 0.1) is 3.57 Å². The molecular weight excluding hydrogens is 509 g/mol. The van der Waals surface area contributed by atoms with E-state index in [9.17, 15) is 4.79 Å². The van der Waals surface area contributed by atoms with Gasteiger partial charge in [0.1, 0.15) is 0 Å². The van der Waals surface area contributed by atoms with Gasteiger partial charge in [0.05, 0.1) is 11.1 Å². The number of nitrogens with one attached hydrogen (secondary N) is 1. The van der Waals surface area contributed by atoms with Crippen molar-refractivity contribution in [1.82, 2.24) is 5.32 Å². The summed E-state index contributed by atoms with van der Waals surface area (Å²) in [6.07, 6.45) is 0. The van der Waals surface area contributed by atoms with Crippen LogP contribution in [0.5, 0.6) is 0 Å². The van der Waals surface area contributed by atoms with Gasteiger partial charge in [0.15, 0.2) is 0 Å². The first-order valence-electron chi connectivity index (χ1n) is 6.33. The van der Waals surface area contributed by atoms with Gasteiger partial charge in [0, 0.05) is 12.5 Å². The third-order valence-corrected chi connectivity index (χ3v) is 5.06. The van der Waals surface area contributed by atoms with Gasteiger partial charge < -0.3 is 5.32 Å². The number of halogens is 3. The lowest BCUT2D eigenvalue weighted by atomic mass is 9.94. The normalized spacial score (nSPS) is 11.3. The van der Waals surface area contributed by atoms with E-state index < -0.39 is 5.54 Å². The Morgan fingerprint density at radius 2 is 1.71 bits per heavy atom. The van der Waals surface area contributed by atoms with Crippen LogP contribution in [0.25, 0.3) is 0 Å². The molecule has 5 heteroatoms. The van der Waals surface area contributed by atoms with Crippen LogP contribution in [0.1, 0.15) is 29.8 Å². The predicted molar refractivity (Wildman–Crippen MR) is 101 cm³/mol. The van der Waals surface area contributed by atoms with Gasteiger partial charge in [-0.05, 0) is 88.3 Å². The molecule has 0 radical (unpaired) electrons. The zero-order valence-electron chi connectivity index (χ0n) is 11.6. The van der Waals surface area contributed by atoms with E-state index in [-0.39, 0.29) is 5.91 Å². The largest absolute Gasteiger partial charge is 0.343 e. The number of carbonyl (C=O) groups is 1. The van der Waals surface area contributed by atoms with E-state index in [4.69, 9.17) is 0 Å². The Hall–Kier alpha value is -0.400. The number of amides is 1. The van der Waals surface area contributed by atoms with Gasteiger partial charge in [-0.2, -0.15) is 0 Å². The van der Waals surface area contributed by atoms with Gasteiger partial charge in [-0.15, -0.1) is 0 Å². The first-order chi connectivity index (χ1) is 9.79. The molecule has 0 spiro atoms. The summed E-state index contributed by atoms with van der Waals surface area (Å²) in [7, 11) is 0. The van der Waals surface area contributed by atoms with E-state index >= 15 is 0 Å². The van der Waals surface area contributed by atoms with E-state index in [1.165, 1.54) is 0 Å². The first kappa shape index (κ1) is 17.0. The standard InChI is InChI=1S/C16H14Br2INO/c1-16(2,10-3-5-11(17)6-4-10)20-15(21)13-9-12(19)7-8-14(13)18/h3-9H,1-2H3,(H,20,21). The summed E-state index contributed by atoms with van der Waals surface area (Å²) < 4.78 is 2.85. The van der Waals surface area contributed by atoms with Crippen molar-refractivity contribution in [2.75, 3.05) is 0 Å². The molecule has 2 rings (SSSR count). The third-order valence-electron chi connectivity index (χ3n) is 3.16. The lowest BCUT2D eigenvalue weighted by Gasteiger charge is -2.27. The molecule has 110 valence electrons. The Kier molecular flexibility index (Phi) is 5.48. The monoisotopic (exact) mass is 521 g/mol. The molecule has 2 aromatic rings. The molecule has 0 aromatic heterocycles. The van der Waals surface area contributed by atoms with Crippen molar-refractivity contribution < 1.29 is 4.79 Å². The average Bonchev–Trinajstić information content (AvgIpc) is 2.41. The molecule has 0 bridgehead atoms. The first-order valence-corrected chi connectivity index (χ1v) is 9.00. The topological polar surface area (TPSA) is 29.1 Å². The summed E-state index contributed by atoms with van der Waals surface area (Å²) in [6, 6.07) is 13.7. The van der Waals surface area contributed by atoms with Gasteiger partial charge in [-0.25, -0.2) is 0 Å². The second-order valence-corrected chi connectivity index (χ2v) is 8.23. The predicted octanol–water partition coefficient (Wildman–Crippen LogP) is 5.48. The Morgan fingerprint density at radius 3 is 2.33 bits per heavy atom. The number of carbonyl (C=O) groups excluding carboxylic acids is 1. The van der Waals surface area contributed by atoms with Gasteiger partial charge >= 0.3 is 0 Å². The second-order valence-electron chi connectivity index (χ2n) is 5.21. The van der Waals surface area contributed by atoms with Gasteiger partial charge in [0.25, 0.3) is 5.91 Å². The zero-order chi connectivity index (χ0) is 15.6. The maximum Gasteiger partial charge on any atom is 0.253 e. The highest BCUT2D eigenvalue weighted by Crippen LogP contribution is 2.25. The molecule has 0 heterocycles. The maximum atomic E-state index is 12.5. The van der Waals surface area contributed by atoms with E-state index in [1.807, 2.05) is 56.3 Å². The molecular formula is C16H14Br2INO. The quantitative estimate of drug-likeness (QED) is 0.531. The summed E-state index contributed by atoms with van der Waals surface area (Å²) in [5, 5.41) is 3.09. The fourth-order valence-corrected chi connectivity index (χ4v) is 3.14. The zero-order valence-corrected chi connectivity index (χ0v) is 16.9. The Bertz CT molecular complexity index is 668. The Morgan fingerprint density at radius 1 is 1.10 bits per heavy atom. The van der Waals surface area contributed by atoms with Crippen molar-refractivity contribution in [2.24, 2.45) is 0 Å². The molecule has 0 aliphatic rings. The van der Waals surface area contributed by atoms with E-state index in [0.29, 0.717) is 5.56 Å². The van der Waals surface area contributed by atoms with Crippen molar-refractivity contribution >= 4 is 60.4 Å². The molecule has 0 aliphatic heterocycles. The van der Waals surface area contributed by atoms with Crippen molar-refractivity contribution in [1.29, 1.82) is 0 Å². The van der Waals surface area contributed by atoms with E-state index in [0.717, 1.165) is 18.1 Å². The number of benzene rings is 2. The van der Waals surface area contributed by atoms with E-state index in [2.05, 4.69) is 59.8 Å². The van der Waals surface area contributed by atoms with Crippen LogP contribution >= 0.6 is 54.5 Å². The van der Waals surface area contributed by atoms with Crippen molar-refractivity contribution in [3.05, 3.63) is 66.1 Å². The number of hydrogen-bond acceptors (Lipinski definition) is 1. The molecule has 0 saturated heterocycles. The highest BCUT2D eigenvalue weighted by atomic mass is 127. The fraction of sp³-hybridized carbons (Fsp3) is 0.188. The fourth-order valence-electron chi connectivity index (χ4n) is 1.96. The molecule has 1 N–H and O–H groups in total. The van der Waals surface area contributed by atoms with Crippen LogP contribution in [-0.2, 0) is 5.54 Å². The number of rotatable bonds is 3. The summed E-state index contributed by atoms with van der Waals surface area (Å²) >= 11 is 9.06. The maximum absolute atomic E-state index is 12.5. The average molecular weight is 523 g/mol. The lowest BCUT2D eigenvalue weighted by Crippen LogP contribution is -2.41. The lowest BCUT2D eigenvalue weighted by molar-refractivity contribution is 0.0911. The van der Waals surface area contributed by atoms with Crippen LogP contribution < -0.4 is 5.32 Å². The van der Waals surface area contributed by atoms with Crippen LogP contribution in [-0.4, -0.2) is 5.91 Å². The van der Waals surface area contributed by atoms with Crippen LogP contribution in [0.4, 0.5) is 0 Å². The minimum Gasteiger partial charge on any atom is -0.343 e.